The van der Waals surface area contributed by atoms with E-state index in [2.05, 4.69) is 5.32 Å². The van der Waals surface area contributed by atoms with E-state index in [9.17, 15) is 9.90 Å². The number of hydrogen-bond donors (Lipinski definition) is 2. The predicted octanol–water partition coefficient (Wildman–Crippen LogP) is 1.51. The van der Waals surface area contributed by atoms with Crippen molar-refractivity contribution in [3.05, 3.63) is 35.9 Å². The van der Waals surface area contributed by atoms with E-state index in [1.807, 2.05) is 37.3 Å². The van der Waals surface area contributed by atoms with Gasteiger partial charge in [0.15, 0.2) is 0 Å². The zero-order valence-corrected chi connectivity index (χ0v) is 10.9. The third-order valence-electron chi connectivity index (χ3n) is 2.66. The van der Waals surface area contributed by atoms with Crippen LogP contribution >= 0.6 is 0 Å². The highest BCUT2D eigenvalue weighted by atomic mass is 16.5. The van der Waals surface area contributed by atoms with Crippen molar-refractivity contribution in [2.24, 2.45) is 5.92 Å². The van der Waals surface area contributed by atoms with Crippen molar-refractivity contribution in [2.75, 3.05) is 20.3 Å². The second-order valence-electron chi connectivity index (χ2n) is 4.50. The van der Waals surface area contributed by atoms with E-state index >= 15 is 0 Å². The molecular weight excluding hydrogens is 230 g/mol. The second kappa shape index (κ2) is 7.84. The highest BCUT2D eigenvalue weighted by Gasteiger charge is 2.11. The van der Waals surface area contributed by atoms with Gasteiger partial charge in [-0.15, -0.1) is 0 Å². The molecule has 0 aromatic heterocycles. The Kier molecular flexibility index (Phi) is 6.39. The van der Waals surface area contributed by atoms with Gasteiger partial charge in [0.05, 0.1) is 6.10 Å². The molecule has 1 aromatic rings. The Balaban J connectivity index is 2.30. The highest BCUT2D eigenvalue weighted by Crippen LogP contribution is 2.10. The molecule has 100 valence electrons. The Labute approximate surface area is 108 Å². The van der Waals surface area contributed by atoms with E-state index in [-0.39, 0.29) is 18.4 Å². The molecular formula is C14H21NO3. The summed E-state index contributed by atoms with van der Waals surface area (Å²) < 4.78 is 4.97. The number of hydrogen-bond acceptors (Lipinski definition) is 3. The summed E-state index contributed by atoms with van der Waals surface area (Å²) in [4.78, 5) is 11.6. The first-order valence-electron chi connectivity index (χ1n) is 6.12. The van der Waals surface area contributed by atoms with Gasteiger partial charge in [-0.05, 0) is 11.5 Å². The summed E-state index contributed by atoms with van der Waals surface area (Å²) in [5, 5.41) is 12.6. The van der Waals surface area contributed by atoms with Crippen molar-refractivity contribution < 1.29 is 14.6 Å². The molecule has 0 bridgehead atoms. The number of aliphatic hydroxyl groups excluding tert-OH is 1. The predicted molar refractivity (Wildman–Crippen MR) is 70.1 cm³/mol. The summed E-state index contributed by atoms with van der Waals surface area (Å²) in [6.07, 6.45) is -0.247. The van der Waals surface area contributed by atoms with Crippen molar-refractivity contribution in [1.29, 1.82) is 0 Å². The summed E-state index contributed by atoms with van der Waals surface area (Å²) in [5.74, 6) is 0.124. The van der Waals surface area contributed by atoms with Crippen LogP contribution in [0.2, 0.25) is 0 Å². The first-order valence-corrected chi connectivity index (χ1v) is 6.12. The fourth-order valence-corrected chi connectivity index (χ4v) is 1.74. The van der Waals surface area contributed by atoms with Gasteiger partial charge in [-0.2, -0.15) is 0 Å². The average Bonchev–Trinajstić information content (AvgIpc) is 2.37. The van der Waals surface area contributed by atoms with Crippen LogP contribution < -0.4 is 5.32 Å². The SMILES string of the molecule is COCC(C)CC(=O)NCC(O)c1ccccc1. The highest BCUT2D eigenvalue weighted by molar-refractivity contribution is 5.76. The molecule has 2 N–H and O–H groups in total. The van der Waals surface area contributed by atoms with E-state index in [0.717, 1.165) is 5.56 Å². The molecule has 18 heavy (non-hydrogen) atoms. The number of aliphatic hydroxyl groups is 1. The van der Waals surface area contributed by atoms with Crippen LogP contribution in [0.4, 0.5) is 0 Å². The third-order valence-corrected chi connectivity index (χ3v) is 2.66. The van der Waals surface area contributed by atoms with Gasteiger partial charge in [-0.1, -0.05) is 37.3 Å². The minimum Gasteiger partial charge on any atom is -0.387 e. The largest absolute Gasteiger partial charge is 0.387 e. The fourth-order valence-electron chi connectivity index (χ4n) is 1.74. The summed E-state index contributed by atoms with van der Waals surface area (Å²) in [6, 6.07) is 9.29. The van der Waals surface area contributed by atoms with Crippen LogP contribution in [0.3, 0.4) is 0 Å². The molecule has 0 radical (unpaired) electrons. The van der Waals surface area contributed by atoms with E-state index in [1.54, 1.807) is 7.11 Å². The lowest BCUT2D eigenvalue weighted by Crippen LogP contribution is -2.30. The van der Waals surface area contributed by atoms with Crippen LogP contribution in [0.15, 0.2) is 30.3 Å². The van der Waals surface area contributed by atoms with Crippen molar-refractivity contribution in [1.82, 2.24) is 5.32 Å². The maximum atomic E-state index is 11.6. The van der Waals surface area contributed by atoms with Gasteiger partial charge in [-0.25, -0.2) is 0 Å². The van der Waals surface area contributed by atoms with Gasteiger partial charge in [0.2, 0.25) is 5.91 Å². The van der Waals surface area contributed by atoms with Crippen molar-refractivity contribution in [2.45, 2.75) is 19.4 Å². The Morgan fingerprint density at radius 3 is 2.67 bits per heavy atom. The molecule has 2 atom stereocenters. The number of carbonyl (C=O) groups is 1. The van der Waals surface area contributed by atoms with Crippen molar-refractivity contribution in [3.8, 4) is 0 Å². The first kappa shape index (κ1) is 14.7. The molecule has 0 saturated carbocycles. The minimum atomic E-state index is -0.659. The van der Waals surface area contributed by atoms with Gasteiger partial charge in [0.1, 0.15) is 0 Å². The molecule has 1 rings (SSSR count). The van der Waals surface area contributed by atoms with E-state index < -0.39 is 6.10 Å². The molecule has 4 heteroatoms. The molecule has 0 aliphatic heterocycles. The summed E-state index contributed by atoms with van der Waals surface area (Å²) in [7, 11) is 1.62. The molecule has 1 aromatic carbocycles. The maximum Gasteiger partial charge on any atom is 0.220 e. The Hall–Kier alpha value is -1.39. The lowest BCUT2D eigenvalue weighted by Gasteiger charge is -2.14. The van der Waals surface area contributed by atoms with Gasteiger partial charge < -0.3 is 15.2 Å². The van der Waals surface area contributed by atoms with Crippen LogP contribution in [-0.2, 0) is 9.53 Å². The third kappa shape index (κ3) is 5.29. The molecule has 0 fully saturated rings. The van der Waals surface area contributed by atoms with E-state index in [1.165, 1.54) is 0 Å². The van der Waals surface area contributed by atoms with Gasteiger partial charge in [0, 0.05) is 26.7 Å². The van der Waals surface area contributed by atoms with Crippen LogP contribution in [0.5, 0.6) is 0 Å². The second-order valence-corrected chi connectivity index (χ2v) is 4.50. The first-order chi connectivity index (χ1) is 8.63. The molecule has 0 aliphatic rings. The smallest absolute Gasteiger partial charge is 0.220 e. The molecule has 0 heterocycles. The zero-order valence-electron chi connectivity index (χ0n) is 10.9. The van der Waals surface area contributed by atoms with Crippen LogP contribution in [0, 0.1) is 5.92 Å². The van der Waals surface area contributed by atoms with Crippen LogP contribution in [0.1, 0.15) is 25.0 Å². The van der Waals surface area contributed by atoms with Gasteiger partial charge >= 0.3 is 0 Å². The lowest BCUT2D eigenvalue weighted by molar-refractivity contribution is -0.122. The normalized spacial score (nSPS) is 13.9. The molecule has 0 saturated heterocycles. The summed E-state index contributed by atoms with van der Waals surface area (Å²) in [6.45, 7) is 2.76. The number of methoxy groups -OCH3 is 1. The number of amides is 1. The number of ether oxygens (including phenoxy) is 1. The van der Waals surface area contributed by atoms with Gasteiger partial charge in [0.25, 0.3) is 0 Å². The average molecular weight is 251 g/mol. The number of carbonyl (C=O) groups excluding carboxylic acids is 1. The summed E-state index contributed by atoms with van der Waals surface area (Å²) >= 11 is 0. The van der Waals surface area contributed by atoms with E-state index in [4.69, 9.17) is 4.74 Å². The molecule has 0 spiro atoms. The Bertz CT molecular complexity index is 353. The fraction of sp³-hybridized carbons (Fsp3) is 0.500. The summed E-state index contributed by atoms with van der Waals surface area (Å²) in [5.41, 5.74) is 0.808. The van der Waals surface area contributed by atoms with Crippen LogP contribution in [-0.4, -0.2) is 31.3 Å². The maximum absolute atomic E-state index is 11.6. The number of rotatable bonds is 7. The van der Waals surface area contributed by atoms with Crippen molar-refractivity contribution in [3.63, 3.8) is 0 Å². The monoisotopic (exact) mass is 251 g/mol. The molecule has 4 nitrogen and oxygen atoms in total. The quantitative estimate of drug-likeness (QED) is 0.772. The number of benzene rings is 1. The molecule has 0 aliphatic carbocycles. The molecule has 2 unspecified atom stereocenters. The minimum absolute atomic E-state index is 0.0606. The molecule has 1 amide bonds. The topological polar surface area (TPSA) is 58.6 Å². The van der Waals surface area contributed by atoms with Crippen LogP contribution in [0.25, 0.3) is 0 Å². The van der Waals surface area contributed by atoms with Crippen molar-refractivity contribution >= 4 is 5.91 Å². The zero-order chi connectivity index (χ0) is 13.4. The Morgan fingerprint density at radius 2 is 2.06 bits per heavy atom. The van der Waals surface area contributed by atoms with Gasteiger partial charge in [-0.3, -0.25) is 4.79 Å². The lowest BCUT2D eigenvalue weighted by atomic mass is 10.1. The Morgan fingerprint density at radius 1 is 1.39 bits per heavy atom. The van der Waals surface area contributed by atoms with E-state index in [0.29, 0.717) is 13.0 Å². The standard InChI is InChI=1S/C14H21NO3/c1-11(10-18-2)8-14(17)15-9-13(16)12-6-4-3-5-7-12/h3-7,11,13,16H,8-10H2,1-2H3,(H,15,17). The number of nitrogens with one attached hydrogen (secondary N) is 1.